The second kappa shape index (κ2) is 5.67. The van der Waals surface area contributed by atoms with Gasteiger partial charge in [0, 0.05) is 6.54 Å². The Morgan fingerprint density at radius 2 is 1.75 bits per heavy atom. The molecule has 92 valence electrons. The number of aliphatic carboxylic acids is 1. The lowest BCUT2D eigenvalue weighted by Crippen LogP contribution is -2.39. The molecule has 2 rings (SSSR count). The summed E-state index contributed by atoms with van der Waals surface area (Å²) in [4.78, 5) is 13.7. The van der Waals surface area contributed by atoms with Gasteiger partial charge < -0.3 is 10.0 Å². The van der Waals surface area contributed by atoms with E-state index in [1.54, 1.807) is 0 Å². The fourth-order valence-electron chi connectivity index (χ4n) is 3.21. The third-order valence-corrected chi connectivity index (χ3v) is 4.19. The lowest BCUT2D eigenvalue weighted by molar-refractivity contribution is -0.144. The second-order valence-electron chi connectivity index (χ2n) is 5.35. The standard InChI is InChI=1S/C13H23NO2/c15-13(16)12(11-6-2-3-7-11)10-14-8-4-1-5-9-14/h11-12H,1-10H2,(H,15,16). The zero-order valence-electron chi connectivity index (χ0n) is 10.0. The number of nitrogens with zero attached hydrogens (tertiary/aromatic N) is 1. The normalized spacial score (nSPS) is 25.8. The monoisotopic (exact) mass is 225 g/mol. The Bertz CT molecular complexity index is 230. The minimum absolute atomic E-state index is 0.111. The molecule has 0 aromatic heterocycles. The van der Waals surface area contributed by atoms with Gasteiger partial charge in [-0.2, -0.15) is 0 Å². The van der Waals surface area contributed by atoms with Crippen molar-refractivity contribution in [2.45, 2.75) is 44.9 Å². The molecule has 1 atom stereocenters. The Labute approximate surface area is 97.8 Å². The molecule has 16 heavy (non-hydrogen) atoms. The summed E-state index contributed by atoms with van der Waals surface area (Å²) in [6, 6.07) is 0. The van der Waals surface area contributed by atoms with Crippen molar-refractivity contribution in [3.8, 4) is 0 Å². The van der Waals surface area contributed by atoms with Gasteiger partial charge in [0.25, 0.3) is 0 Å². The van der Waals surface area contributed by atoms with Crippen LogP contribution in [0, 0.1) is 11.8 Å². The summed E-state index contributed by atoms with van der Waals surface area (Å²) in [6.45, 7) is 3.01. The largest absolute Gasteiger partial charge is 0.481 e. The molecule has 1 aliphatic carbocycles. The molecule has 1 N–H and O–H groups in total. The van der Waals surface area contributed by atoms with Crippen LogP contribution in [0.25, 0.3) is 0 Å². The van der Waals surface area contributed by atoms with Crippen molar-refractivity contribution in [2.75, 3.05) is 19.6 Å². The van der Waals surface area contributed by atoms with Crippen molar-refractivity contribution in [3.05, 3.63) is 0 Å². The zero-order valence-corrected chi connectivity index (χ0v) is 10.0. The van der Waals surface area contributed by atoms with Crippen molar-refractivity contribution in [1.82, 2.24) is 4.90 Å². The molecular formula is C13H23NO2. The van der Waals surface area contributed by atoms with Gasteiger partial charge >= 0.3 is 5.97 Å². The number of piperidine rings is 1. The molecule has 1 saturated heterocycles. The van der Waals surface area contributed by atoms with E-state index in [1.807, 2.05) is 0 Å². The molecule has 3 nitrogen and oxygen atoms in total. The third kappa shape index (κ3) is 2.97. The van der Waals surface area contributed by atoms with Crippen molar-refractivity contribution >= 4 is 5.97 Å². The lowest BCUT2D eigenvalue weighted by Gasteiger charge is -2.31. The molecule has 0 radical (unpaired) electrons. The first-order valence-corrected chi connectivity index (χ1v) is 6.72. The van der Waals surface area contributed by atoms with Gasteiger partial charge in [-0.3, -0.25) is 4.79 Å². The van der Waals surface area contributed by atoms with Crippen LogP contribution in [0.4, 0.5) is 0 Å². The van der Waals surface area contributed by atoms with Gasteiger partial charge in [0.1, 0.15) is 0 Å². The molecule has 1 heterocycles. The summed E-state index contributed by atoms with van der Waals surface area (Å²) in [5.74, 6) is -0.238. The van der Waals surface area contributed by atoms with Gasteiger partial charge in [-0.05, 0) is 44.7 Å². The summed E-state index contributed by atoms with van der Waals surface area (Å²) in [5.41, 5.74) is 0. The molecule has 2 aliphatic rings. The van der Waals surface area contributed by atoms with Crippen LogP contribution in [0.5, 0.6) is 0 Å². The maximum atomic E-state index is 11.3. The van der Waals surface area contributed by atoms with Crippen LogP contribution in [0.2, 0.25) is 0 Å². The Kier molecular flexibility index (Phi) is 4.22. The van der Waals surface area contributed by atoms with Crippen molar-refractivity contribution in [2.24, 2.45) is 11.8 Å². The van der Waals surface area contributed by atoms with Crippen LogP contribution in [0.3, 0.4) is 0 Å². The van der Waals surface area contributed by atoms with E-state index in [0.29, 0.717) is 5.92 Å². The smallest absolute Gasteiger partial charge is 0.308 e. The summed E-state index contributed by atoms with van der Waals surface area (Å²) in [7, 11) is 0. The first kappa shape index (κ1) is 11.9. The van der Waals surface area contributed by atoms with Gasteiger partial charge in [0.2, 0.25) is 0 Å². The second-order valence-corrected chi connectivity index (χ2v) is 5.35. The van der Waals surface area contributed by atoms with E-state index < -0.39 is 5.97 Å². The number of carboxylic acids is 1. The van der Waals surface area contributed by atoms with Crippen LogP contribution in [0.1, 0.15) is 44.9 Å². The van der Waals surface area contributed by atoms with Crippen LogP contribution >= 0.6 is 0 Å². The lowest BCUT2D eigenvalue weighted by atomic mass is 9.90. The van der Waals surface area contributed by atoms with Crippen LogP contribution in [-0.4, -0.2) is 35.6 Å². The summed E-state index contributed by atoms with van der Waals surface area (Å²) < 4.78 is 0. The van der Waals surface area contributed by atoms with E-state index in [9.17, 15) is 9.90 Å². The van der Waals surface area contributed by atoms with E-state index in [2.05, 4.69) is 4.90 Å². The molecule has 3 heteroatoms. The molecule has 0 spiro atoms. The Balaban J connectivity index is 1.88. The third-order valence-electron chi connectivity index (χ3n) is 4.19. The topological polar surface area (TPSA) is 40.5 Å². The van der Waals surface area contributed by atoms with Crippen LogP contribution < -0.4 is 0 Å². The molecule has 1 unspecified atom stereocenters. The predicted molar refractivity (Wildman–Crippen MR) is 63.4 cm³/mol. The highest BCUT2D eigenvalue weighted by molar-refractivity contribution is 5.70. The van der Waals surface area contributed by atoms with E-state index >= 15 is 0 Å². The molecule has 1 aliphatic heterocycles. The Morgan fingerprint density at radius 3 is 2.31 bits per heavy atom. The van der Waals surface area contributed by atoms with Gasteiger partial charge in [-0.1, -0.05) is 19.3 Å². The highest BCUT2D eigenvalue weighted by Crippen LogP contribution is 2.32. The minimum Gasteiger partial charge on any atom is -0.481 e. The number of likely N-dealkylation sites (tertiary alicyclic amines) is 1. The molecule has 0 bridgehead atoms. The van der Waals surface area contributed by atoms with Gasteiger partial charge in [-0.15, -0.1) is 0 Å². The maximum absolute atomic E-state index is 11.3. The number of hydrogen-bond acceptors (Lipinski definition) is 2. The Morgan fingerprint density at radius 1 is 1.12 bits per heavy atom. The summed E-state index contributed by atoms with van der Waals surface area (Å²) in [6.07, 6.45) is 8.53. The molecule has 0 aromatic carbocycles. The maximum Gasteiger partial charge on any atom is 0.308 e. The van der Waals surface area contributed by atoms with Gasteiger partial charge in [-0.25, -0.2) is 0 Å². The first-order chi connectivity index (χ1) is 7.77. The zero-order chi connectivity index (χ0) is 11.4. The fraction of sp³-hybridized carbons (Fsp3) is 0.923. The van der Waals surface area contributed by atoms with Crippen LogP contribution in [-0.2, 0) is 4.79 Å². The molecule has 1 saturated carbocycles. The average Bonchev–Trinajstić information content (AvgIpc) is 2.80. The number of carbonyl (C=O) groups is 1. The van der Waals surface area contributed by atoms with Gasteiger partial charge in [0.15, 0.2) is 0 Å². The summed E-state index contributed by atoms with van der Waals surface area (Å²) >= 11 is 0. The number of rotatable bonds is 4. The van der Waals surface area contributed by atoms with E-state index in [1.165, 1.54) is 32.1 Å². The Hall–Kier alpha value is -0.570. The van der Waals surface area contributed by atoms with E-state index in [4.69, 9.17) is 0 Å². The molecular weight excluding hydrogens is 202 g/mol. The van der Waals surface area contributed by atoms with E-state index in [0.717, 1.165) is 32.5 Å². The highest BCUT2D eigenvalue weighted by Gasteiger charge is 2.32. The molecule has 0 amide bonds. The van der Waals surface area contributed by atoms with Crippen molar-refractivity contribution < 1.29 is 9.90 Å². The number of carboxylic acid groups (broad SMARTS) is 1. The quantitative estimate of drug-likeness (QED) is 0.798. The van der Waals surface area contributed by atoms with Crippen molar-refractivity contribution in [1.29, 1.82) is 0 Å². The van der Waals surface area contributed by atoms with Gasteiger partial charge in [0.05, 0.1) is 5.92 Å². The summed E-state index contributed by atoms with van der Waals surface area (Å²) in [5, 5.41) is 9.34. The van der Waals surface area contributed by atoms with Crippen LogP contribution in [0.15, 0.2) is 0 Å². The van der Waals surface area contributed by atoms with E-state index in [-0.39, 0.29) is 5.92 Å². The molecule has 0 aromatic rings. The van der Waals surface area contributed by atoms with Crippen molar-refractivity contribution in [3.63, 3.8) is 0 Å². The first-order valence-electron chi connectivity index (χ1n) is 6.72. The fourth-order valence-corrected chi connectivity index (χ4v) is 3.21. The number of hydrogen-bond donors (Lipinski definition) is 1. The average molecular weight is 225 g/mol. The minimum atomic E-state index is -0.572. The SMILES string of the molecule is O=C(O)C(CN1CCCCC1)C1CCCC1. The molecule has 2 fully saturated rings. The highest BCUT2D eigenvalue weighted by atomic mass is 16.4. The predicted octanol–water partition coefficient (Wildman–Crippen LogP) is 2.36.